The Morgan fingerprint density at radius 1 is 1.29 bits per heavy atom. The summed E-state index contributed by atoms with van der Waals surface area (Å²) >= 11 is 3.48. The zero-order valence-corrected chi connectivity index (χ0v) is 20.4. The molecule has 1 aliphatic heterocycles. The Kier molecular flexibility index (Phi) is 7.09. The molecule has 1 fully saturated rings. The second kappa shape index (κ2) is 9.42. The summed E-state index contributed by atoms with van der Waals surface area (Å²) in [5.41, 5.74) is 1.77. The molecule has 1 unspecified atom stereocenters. The van der Waals surface area contributed by atoms with E-state index < -0.39 is 5.60 Å². The second-order valence-corrected chi connectivity index (χ2v) is 10.2. The van der Waals surface area contributed by atoms with Gasteiger partial charge in [0, 0.05) is 29.0 Å². The van der Waals surface area contributed by atoms with Gasteiger partial charge in [0.2, 0.25) is 5.91 Å². The van der Waals surface area contributed by atoms with E-state index in [1.165, 1.54) is 0 Å². The third kappa shape index (κ3) is 6.09. The minimum absolute atomic E-state index is 0.113. The molecule has 168 valence electrons. The van der Waals surface area contributed by atoms with E-state index in [2.05, 4.69) is 45.4 Å². The minimum Gasteiger partial charge on any atom is -0.444 e. The number of nitrogens with one attached hydrogen (secondary N) is 2. The summed E-state index contributed by atoms with van der Waals surface area (Å²) in [5.74, 6) is -0.410. The minimum atomic E-state index is -0.560. The molecule has 3 rings (SSSR count). The number of piperidine rings is 1. The molecular formula is C23H31BrN4O3. The van der Waals surface area contributed by atoms with E-state index in [1.807, 2.05) is 39.0 Å². The Hall–Kier alpha value is -2.35. The van der Waals surface area contributed by atoms with Crippen LogP contribution in [0.2, 0.25) is 0 Å². The summed E-state index contributed by atoms with van der Waals surface area (Å²) in [6.07, 6.45) is 2.81. The fourth-order valence-electron chi connectivity index (χ4n) is 3.62. The highest BCUT2D eigenvalue weighted by atomic mass is 79.9. The molecule has 31 heavy (non-hydrogen) atoms. The number of amides is 2. The molecule has 1 saturated heterocycles. The van der Waals surface area contributed by atoms with Crippen molar-refractivity contribution in [1.82, 2.24) is 9.88 Å². The Morgan fingerprint density at radius 2 is 2.03 bits per heavy atom. The largest absolute Gasteiger partial charge is 0.444 e. The van der Waals surface area contributed by atoms with Crippen molar-refractivity contribution in [2.24, 2.45) is 5.92 Å². The smallest absolute Gasteiger partial charge is 0.410 e. The highest BCUT2D eigenvalue weighted by Gasteiger charge is 2.31. The van der Waals surface area contributed by atoms with Gasteiger partial charge in [-0.3, -0.25) is 9.78 Å². The first-order valence-electron chi connectivity index (χ1n) is 10.7. The molecule has 7 nitrogen and oxygen atoms in total. The van der Waals surface area contributed by atoms with Gasteiger partial charge < -0.3 is 20.3 Å². The monoisotopic (exact) mass is 490 g/mol. The van der Waals surface area contributed by atoms with Crippen LogP contribution in [0.4, 0.5) is 16.2 Å². The van der Waals surface area contributed by atoms with E-state index in [1.54, 1.807) is 11.1 Å². The Bertz CT molecular complexity index is 971. The van der Waals surface area contributed by atoms with Crippen molar-refractivity contribution in [1.29, 1.82) is 0 Å². The first-order valence-corrected chi connectivity index (χ1v) is 11.5. The molecule has 0 radical (unpaired) electrons. The standard InChI is InChI=1S/C23H31BrN4O3/c1-14(2)26-20-17-9-8-16(24)11-18(17)25-12-19(20)27-21(29)15-7-6-10-28(13-15)22(30)31-23(3,4)5/h8-9,11-12,14-15H,6-7,10,13H2,1-5H3,(H,25,26)(H,27,29). The van der Waals surface area contributed by atoms with Crippen molar-refractivity contribution >= 4 is 50.2 Å². The van der Waals surface area contributed by atoms with Crippen molar-refractivity contribution < 1.29 is 14.3 Å². The van der Waals surface area contributed by atoms with Crippen molar-refractivity contribution in [3.63, 3.8) is 0 Å². The molecule has 0 aliphatic carbocycles. The molecule has 8 heteroatoms. The fraction of sp³-hybridized carbons (Fsp3) is 0.522. The molecule has 2 aromatic rings. The Morgan fingerprint density at radius 3 is 2.71 bits per heavy atom. The molecule has 2 amide bonds. The number of carbonyl (C=O) groups is 2. The van der Waals surface area contributed by atoms with Gasteiger partial charge in [-0.05, 0) is 65.7 Å². The first kappa shape index (κ1) is 23.3. The van der Waals surface area contributed by atoms with Crippen LogP contribution in [0.1, 0.15) is 47.5 Å². The molecule has 0 bridgehead atoms. The van der Waals surface area contributed by atoms with Gasteiger partial charge in [-0.2, -0.15) is 0 Å². The number of rotatable bonds is 4. The summed E-state index contributed by atoms with van der Waals surface area (Å²) in [6, 6.07) is 6.08. The molecule has 0 saturated carbocycles. The Balaban J connectivity index is 1.79. The van der Waals surface area contributed by atoms with Crippen molar-refractivity contribution in [2.75, 3.05) is 23.7 Å². The van der Waals surface area contributed by atoms with Crippen LogP contribution in [0, 0.1) is 5.92 Å². The van der Waals surface area contributed by atoms with Crippen LogP contribution < -0.4 is 10.6 Å². The molecule has 2 N–H and O–H groups in total. The van der Waals surface area contributed by atoms with Crippen LogP contribution in [0.25, 0.3) is 10.9 Å². The number of fused-ring (bicyclic) bond motifs is 1. The van der Waals surface area contributed by atoms with Gasteiger partial charge >= 0.3 is 6.09 Å². The molecule has 0 spiro atoms. The van der Waals surface area contributed by atoms with Gasteiger partial charge in [0.05, 0.1) is 29.0 Å². The number of likely N-dealkylation sites (tertiary alicyclic amines) is 1. The van der Waals surface area contributed by atoms with Gasteiger partial charge in [0.25, 0.3) is 0 Å². The average Bonchev–Trinajstić information content (AvgIpc) is 2.68. The number of anilines is 2. The topological polar surface area (TPSA) is 83.6 Å². The second-order valence-electron chi connectivity index (χ2n) is 9.26. The summed E-state index contributed by atoms with van der Waals surface area (Å²) in [7, 11) is 0. The van der Waals surface area contributed by atoms with E-state index >= 15 is 0 Å². The predicted molar refractivity (Wildman–Crippen MR) is 127 cm³/mol. The van der Waals surface area contributed by atoms with Crippen LogP contribution >= 0.6 is 15.9 Å². The van der Waals surface area contributed by atoms with Crippen molar-refractivity contribution in [2.45, 2.75) is 59.1 Å². The zero-order valence-electron chi connectivity index (χ0n) is 18.8. The number of nitrogens with zero attached hydrogens (tertiary/aromatic N) is 2. The third-order valence-electron chi connectivity index (χ3n) is 4.97. The number of ether oxygens (including phenoxy) is 1. The molecule has 1 aromatic carbocycles. The normalized spacial score (nSPS) is 17.0. The number of aromatic nitrogens is 1. The zero-order chi connectivity index (χ0) is 22.8. The number of carbonyl (C=O) groups excluding carboxylic acids is 2. The maximum Gasteiger partial charge on any atom is 0.410 e. The SMILES string of the molecule is CC(C)Nc1c(NC(=O)C2CCCN(C(=O)OC(C)(C)C)C2)cnc2cc(Br)ccc12. The van der Waals surface area contributed by atoms with E-state index in [0.717, 1.165) is 33.9 Å². The lowest BCUT2D eigenvalue weighted by atomic mass is 9.97. The number of pyridine rings is 1. The Labute approximate surface area is 192 Å². The lowest BCUT2D eigenvalue weighted by Crippen LogP contribution is -2.45. The van der Waals surface area contributed by atoms with Crippen LogP contribution in [0.15, 0.2) is 28.9 Å². The predicted octanol–water partition coefficient (Wildman–Crippen LogP) is 5.40. The summed E-state index contributed by atoms with van der Waals surface area (Å²) in [4.78, 5) is 31.7. The van der Waals surface area contributed by atoms with Crippen molar-refractivity contribution in [3.05, 3.63) is 28.9 Å². The number of halogens is 1. The molecular weight excluding hydrogens is 460 g/mol. The highest BCUT2D eigenvalue weighted by molar-refractivity contribution is 9.10. The third-order valence-corrected chi connectivity index (χ3v) is 5.46. The van der Waals surface area contributed by atoms with Gasteiger partial charge in [0.15, 0.2) is 0 Å². The van der Waals surface area contributed by atoms with Crippen LogP contribution in [-0.2, 0) is 9.53 Å². The number of hydrogen-bond donors (Lipinski definition) is 2. The first-order chi connectivity index (χ1) is 14.5. The van der Waals surface area contributed by atoms with Gasteiger partial charge in [-0.15, -0.1) is 0 Å². The maximum atomic E-state index is 13.1. The molecule has 1 atom stereocenters. The molecule has 1 aliphatic rings. The lowest BCUT2D eigenvalue weighted by Gasteiger charge is -2.33. The number of benzene rings is 1. The average molecular weight is 491 g/mol. The van der Waals surface area contributed by atoms with E-state index in [-0.39, 0.29) is 24.0 Å². The van der Waals surface area contributed by atoms with Crippen molar-refractivity contribution in [3.8, 4) is 0 Å². The summed E-state index contributed by atoms with van der Waals surface area (Å²) in [6.45, 7) is 10.6. The fourth-order valence-corrected chi connectivity index (χ4v) is 3.97. The highest BCUT2D eigenvalue weighted by Crippen LogP contribution is 2.33. The molecule has 1 aromatic heterocycles. The summed E-state index contributed by atoms with van der Waals surface area (Å²) < 4.78 is 6.42. The van der Waals surface area contributed by atoms with Crippen LogP contribution in [0.5, 0.6) is 0 Å². The van der Waals surface area contributed by atoms with Crippen LogP contribution in [-0.4, -0.2) is 46.6 Å². The maximum absolute atomic E-state index is 13.1. The van der Waals surface area contributed by atoms with Gasteiger partial charge in [0.1, 0.15) is 5.60 Å². The summed E-state index contributed by atoms with van der Waals surface area (Å²) in [5, 5.41) is 7.43. The van der Waals surface area contributed by atoms with E-state index in [4.69, 9.17) is 4.74 Å². The van der Waals surface area contributed by atoms with E-state index in [0.29, 0.717) is 18.8 Å². The quantitative estimate of drug-likeness (QED) is 0.598. The lowest BCUT2D eigenvalue weighted by molar-refractivity contribution is -0.121. The van der Waals surface area contributed by atoms with Crippen LogP contribution in [0.3, 0.4) is 0 Å². The number of hydrogen-bond acceptors (Lipinski definition) is 5. The molecule has 2 heterocycles. The van der Waals surface area contributed by atoms with Gasteiger partial charge in [-0.25, -0.2) is 4.79 Å². The van der Waals surface area contributed by atoms with E-state index in [9.17, 15) is 9.59 Å². The van der Waals surface area contributed by atoms with Gasteiger partial charge in [-0.1, -0.05) is 15.9 Å².